The second-order valence-electron chi connectivity index (χ2n) is 55.5. The first kappa shape index (κ1) is 121. The Bertz CT molecular complexity index is 3520. The Kier molecular flexibility index (Phi) is 48.7. The SMILES string of the molecule is CC(C)(C)CCCN1CC[C@H](CN2CCN(C(C)(C)C)CC2)C1.CC(C)(C)OC1CN(CCCN2CCN(C(C)(C)C)CC2)C1.CC(C)(C)OCCN1CCC(CN2CCN(C(C)(C)C)CC2)CC1.CC(C)(C)OCCN1CCCN(CC2CN(C(C)(C)C)C2)CC1.CC(C)(C)OCCN1CC[C@@H](Cc2cnc(C(C)(C)C)cn2)C1.CC(C)(C)c1cnn(CCCN2CCN(C(C)(C)C)CC2)c1. The first-order valence-corrected chi connectivity index (χ1v) is 55.8. The van der Waals surface area contributed by atoms with E-state index in [-0.39, 0.29) is 33.2 Å². The largest absolute Gasteiger partial charge is 0.375 e. The summed E-state index contributed by atoms with van der Waals surface area (Å²) in [5, 5.41) is 4.50. The van der Waals surface area contributed by atoms with Gasteiger partial charge in [-0.1, -0.05) is 62.3 Å². The summed E-state index contributed by atoms with van der Waals surface area (Å²) in [6.45, 7) is 133. The highest BCUT2D eigenvalue weighted by atomic mass is 16.5. The second-order valence-corrected chi connectivity index (χ2v) is 55.5. The van der Waals surface area contributed by atoms with Crippen LogP contribution in [-0.4, -0.2) is 431 Å². The summed E-state index contributed by atoms with van der Waals surface area (Å²) in [4.78, 5) is 48.5. The molecule has 2 atom stereocenters. The lowest BCUT2D eigenvalue weighted by atomic mass is 9.90. The third-order valence-electron chi connectivity index (χ3n) is 29.8. The van der Waals surface area contributed by atoms with Gasteiger partial charge in [0, 0.05) is 255 Å². The maximum atomic E-state index is 5.99. The fraction of sp³-hybridized carbons (Fsp3) is 0.939. The van der Waals surface area contributed by atoms with E-state index in [2.05, 4.69) is 349 Å². The molecule has 2 aromatic rings. The number of hydrogen-bond acceptors (Lipinski definition) is 22. The first-order chi connectivity index (χ1) is 63.3. The molecule has 12 heterocycles. The predicted octanol–water partition coefficient (Wildman–Crippen LogP) is 17.8. The fourth-order valence-corrected chi connectivity index (χ4v) is 20.7. The zero-order chi connectivity index (χ0) is 102. The Morgan fingerprint density at radius 2 is 0.635 bits per heavy atom. The van der Waals surface area contributed by atoms with Gasteiger partial charge in [-0.15, -0.1) is 0 Å². The van der Waals surface area contributed by atoms with Crippen molar-refractivity contribution in [2.24, 2.45) is 29.1 Å². The normalized spacial score (nSPS) is 22.7. The zero-order valence-electron chi connectivity index (χ0n) is 97.0. The Morgan fingerprint density at radius 3 is 1.05 bits per heavy atom. The first-order valence-electron chi connectivity index (χ1n) is 55.8. The molecule has 10 aliphatic rings. The van der Waals surface area contributed by atoms with Gasteiger partial charge in [0.1, 0.15) is 0 Å². The highest BCUT2D eigenvalue weighted by Gasteiger charge is 2.39. The molecule has 0 spiro atoms. The van der Waals surface area contributed by atoms with Crippen LogP contribution >= 0.6 is 0 Å². The summed E-state index contributed by atoms with van der Waals surface area (Å²) >= 11 is 0. The van der Waals surface area contributed by atoms with Gasteiger partial charge in [0.05, 0.1) is 65.9 Å². The molecule has 2 aromatic heterocycles. The van der Waals surface area contributed by atoms with Gasteiger partial charge in [-0.3, -0.25) is 48.9 Å². The fourth-order valence-electron chi connectivity index (χ4n) is 20.7. The van der Waals surface area contributed by atoms with Crippen molar-refractivity contribution in [3.63, 3.8) is 0 Å². The average Bonchev–Trinajstić information content (AvgIpc) is 1.80. The summed E-state index contributed by atoms with van der Waals surface area (Å²) in [6.07, 6.45) is 21.5. The summed E-state index contributed by atoms with van der Waals surface area (Å²) < 4.78 is 25.7. The molecule has 23 nitrogen and oxygen atoms in total. The van der Waals surface area contributed by atoms with Crippen molar-refractivity contribution in [2.75, 3.05) is 282 Å². The lowest BCUT2D eigenvalue weighted by Gasteiger charge is -2.49. The van der Waals surface area contributed by atoms with Gasteiger partial charge < -0.3 is 58.1 Å². The molecule has 137 heavy (non-hydrogen) atoms. The number of ether oxygens (including phenoxy) is 4. The zero-order valence-corrected chi connectivity index (χ0v) is 97.0. The number of piperidine rings is 1. The van der Waals surface area contributed by atoms with Crippen molar-refractivity contribution in [2.45, 2.75) is 387 Å². The van der Waals surface area contributed by atoms with E-state index in [1.165, 1.54) is 286 Å². The molecule has 0 aliphatic carbocycles. The van der Waals surface area contributed by atoms with Gasteiger partial charge >= 0.3 is 0 Å². The van der Waals surface area contributed by atoms with Crippen LogP contribution in [0.25, 0.3) is 0 Å². The molecular formula is C114H225N19O4. The van der Waals surface area contributed by atoms with E-state index >= 15 is 0 Å². The molecule has 10 aliphatic heterocycles. The predicted molar refractivity (Wildman–Crippen MR) is 583 cm³/mol. The van der Waals surface area contributed by atoms with E-state index in [1.54, 1.807) is 0 Å². The lowest BCUT2D eigenvalue weighted by Crippen LogP contribution is -2.58. The Balaban J connectivity index is 0.000000224. The minimum absolute atomic E-state index is 0.00346. The third-order valence-corrected chi connectivity index (χ3v) is 29.8. The van der Waals surface area contributed by atoms with E-state index in [0.29, 0.717) is 45.1 Å². The van der Waals surface area contributed by atoms with Crippen LogP contribution < -0.4 is 0 Å². The summed E-state index contributed by atoms with van der Waals surface area (Å²) in [7, 11) is 0. The molecule has 0 saturated carbocycles. The summed E-state index contributed by atoms with van der Waals surface area (Å²) in [6, 6.07) is 0. The third kappa shape index (κ3) is 50.2. The van der Waals surface area contributed by atoms with Crippen LogP contribution in [-0.2, 0) is 42.7 Å². The molecule has 12 rings (SSSR count). The number of aryl methyl sites for hydroxylation is 1. The molecule has 10 saturated heterocycles. The molecular weight excluding hydrogens is 1700 g/mol. The Labute approximate surface area is 846 Å². The van der Waals surface area contributed by atoms with Gasteiger partial charge in [-0.2, -0.15) is 5.10 Å². The van der Waals surface area contributed by atoms with Gasteiger partial charge in [0.2, 0.25) is 0 Å². The van der Waals surface area contributed by atoms with Crippen molar-refractivity contribution in [3.8, 4) is 0 Å². The smallest absolute Gasteiger partial charge is 0.0835 e. The van der Waals surface area contributed by atoms with E-state index in [1.807, 2.05) is 18.6 Å². The molecule has 0 unspecified atom stereocenters. The molecule has 10 fully saturated rings. The van der Waals surface area contributed by atoms with Crippen molar-refractivity contribution in [3.05, 3.63) is 41.7 Å². The maximum Gasteiger partial charge on any atom is 0.0835 e. The van der Waals surface area contributed by atoms with Crippen molar-refractivity contribution >= 4 is 0 Å². The number of rotatable bonds is 29. The molecule has 800 valence electrons. The lowest BCUT2D eigenvalue weighted by molar-refractivity contribution is -0.124. The minimum atomic E-state index is -0.0382. The molecule has 0 radical (unpaired) electrons. The standard InChI is InChI=1S/C20H41N3O.C20H41N3.C19H33N3O.C19H39N3O.C18H34N4.C18H37N3O/c1-19(2,3)23-13-11-22(12-14-23)17-18-7-9-21(10-8-18)15-16-24-20(4,5)6;1-19(2,3)9-7-10-21-11-8-18(16-21)17-22-12-14-23(15-13-22)20(4,5)6;1-18(2,3)17-13-20-16(12-21-17)11-15-7-8-22(14-15)9-10-23-19(4,5)6;1-18(2,3)22-15-17(16-22)14-21-9-7-8-20(10-11-21)12-13-23-19(4,5)6;1-17(2,3)16-14-19-22(15-16)9-7-8-20-10-12-21(13-11-20)18(4,5)6;1-17(2,3)21-12-10-19(11-13-21)8-7-9-20-14-16(15-20)22-18(4,5)6/h18H,7-17H2,1-6H3;18H,7-17H2,1-6H3;12-13,15H,7-11,14H2,1-6H3;17H,7-16H2,1-6H3;14-15H,7-13H2,1-6H3;16H,7-15H2,1-6H3/t;18-;15-;;;/m.00.../s1. The minimum Gasteiger partial charge on any atom is -0.375 e. The Morgan fingerprint density at radius 1 is 0.285 bits per heavy atom. The maximum absolute atomic E-state index is 5.99. The molecule has 0 N–H and O–H groups in total. The van der Waals surface area contributed by atoms with Crippen LogP contribution in [0, 0.1) is 29.1 Å². The van der Waals surface area contributed by atoms with E-state index in [9.17, 15) is 0 Å². The van der Waals surface area contributed by atoms with Crippen molar-refractivity contribution in [1.29, 1.82) is 0 Å². The average molecular weight is 1930 g/mol. The quantitative estimate of drug-likeness (QED) is 0.0765. The number of nitrogens with zero attached hydrogens (tertiary/aromatic N) is 19. The number of piperazine rings is 4. The summed E-state index contributed by atoms with van der Waals surface area (Å²) in [5.74, 6) is 3.38. The van der Waals surface area contributed by atoms with Crippen LogP contribution in [0.3, 0.4) is 0 Å². The number of likely N-dealkylation sites (tertiary alicyclic amines) is 5. The van der Waals surface area contributed by atoms with Crippen LogP contribution in [0.2, 0.25) is 0 Å². The molecule has 23 heteroatoms. The van der Waals surface area contributed by atoms with Gasteiger partial charge in [0.25, 0.3) is 0 Å². The van der Waals surface area contributed by atoms with Crippen molar-refractivity contribution < 1.29 is 18.9 Å². The second kappa shape index (κ2) is 55.0. The van der Waals surface area contributed by atoms with Crippen LogP contribution in [0.15, 0.2) is 24.8 Å². The van der Waals surface area contributed by atoms with Gasteiger partial charge in [0.15, 0.2) is 0 Å². The van der Waals surface area contributed by atoms with Gasteiger partial charge in [-0.25, -0.2) is 0 Å². The molecule has 0 bridgehead atoms. The number of aromatic nitrogens is 4. The molecule has 0 aromatic carbocycles. The monoisotopic (exact) mass is 1920 g/mol. The van der Waals surface area contributed by atoms with E-state index in [4.69, 9.17) is 18.9 Å². The highest BCUT2D eigenvalue weighted by molar-refractivity contribution is 5.15. The van der Waals surface area contributed by atoms with E-state index in [0.717, 1.165) is 101 Å². The van der Waals surface area contributed by atoms with Crippen LogP contribution in [0.4, 0.5) is 0 Å². The number of hydrogen-bond donors (Lipinski definition) is 0. The van der Waals surface area contributed by atoms with Gasteiger partial charge in [-0.05, 0) is 357 Å². The van der Waals surface area contributed by atoms with Crippen molar-refractivity contribution in [1.82, 2.24) is 93.2 Å². The highest BCUT2D eigenvalue weighted by Crippen LogP contribution is 2.32. The summed E-state index contributed by atoms with van der Waals surface area (Å²) in [5.41, 5.74) is 5.86. The van der Waals surface area contributed by atoms with E-state index < -0.39 is 0 Å². The van der Waals surface area contributed by atoms with Crippen LogP contribution in [0.5, 0.6) is 0 Å². The Hall–Kier alpha value is -2.47. The molecule has 0 amide bonds. The van der Waals surface area contributed by atoms with Crippen LogP contribution in [0.1, 0.15) is 324 Å². The topological polar surface area (TPSA) is 129 Å².